The molecule has 0 saturated heterocycles. The van der Waals surface area contributed by atoms with E-state index in [9.17, 15) is 14.4 Å². The number of ketones is 1. The molecule has 2 aromatic carbocycles. The SMILES string of the molecule is COC(=O)C(=O)c1ccccc1-c1ccccc1C(OC)(OC)C(=O)OC. The van der Waals surface area contributed by atoms with E-state index in [2.05, 4.69) is 4.74 Å². The van der Waals surface area contributed by atoms with E-state index in [0.717, 1.165) is 7.11 Å². The maximum absolute atomic E-state index is 12.4. The first-order chi connectivity index (χ1) is 13.0. The first-order valence-electron chi connectivity index (χ1n) is 7.97. The van der Waals surface area contributed by atoms with Gasteiger partial charge in [0.15, 0.2) is 0 Å². The van der Waals surface area contributed by atoms with Crippen molar-refractivity contribution in [1.82, 2.24) is 0 Å². The van der Waals surface area contributed by atoms with E-state index in [1.807, 2.05) is 0 Å². The van der Waals surface area contributed by atoms with Crippen LogP contribution in [-0.4, -0.2) is 46.2 Å². The van der Waals surface area contributed by atoms with Crippen molar-refractivity contribution in [2.24, 2.45) is 0 Å². The summed E-state index contributed by atoms with van der Waals surface area (Å²) in [4.78, 5) is 36.6. The topological polar surface area (TPSA) is 88.1 Å². The van der Waals surface area contributed by atoms with Gasteiger partial charge in [-0.25, -0.2) is 9.59 Å². The van der Waals surface area contributed by atoms with Crippen molar-refractivity contribution in [2.75, 3.05) is 28.4 Å². The molecule has 0 heterocycles. The molecule has 142 valence electrons. The van der Waals surface area contributed by atoms with Crippen molar-refractivity contribution in [3.05, 3.63) is 59.7 Å². The van der Waals surface area contributed by atoms with Crippen molar-refractivity contribution in [2.45, 2.75) is 5.79 Å². The molecule has 7 heteroatoms. The zero-order valence-corrected chi connectivity index (χ0v) is 15.5. The highest BCUT2D eigenvalue weighted by Gasteiger charge is 2.44. The van der Waals surface area contributed by atoms with Crippen molar-refractivity contribution >= 4 is 17.7 Å². The second-order valence-electron chi connectivity index (χ2n) is 5.43. The Morgan fingerprint density at radius 2 is 1.30 bits per heavy atom. The van der Waals surface area contributed by atoms with E-state index in [1.165, 1.54) is 27.4 Å². The molecule has 0 unspecified atom stereocenters. The van der Waals surface area contributed by atoms with Gasteiger partial charge in [0.1, 0.15) is 0 Å². The van der Waals surface area contributed by atoms with E-state index < -0.39 is 23.5 Å². The monoisotopic (exact) mass is 372 g/mol. The minimum atomic E-state index is -1.84. The van der Waals surface area contributed by atoms with E-state index in [-0.39, 0.29) is 5.56 Å². The minimum absolute atomic E-state index is 0.128. The number of benzene rings is 2. The normalized spacial score (nSPS) is 11.0. The standard InChI is InChI=1S/C20H20O7/c1-24-18(22)17(21)15-11-6-5-9-13(15)14-10-7-8-12-16(14)20(26-3,27-4)19(23)25-2/h5-12H,1-4H3. The number of carbonyl (C=O) groups is 3. The molecule has 0 atom stereocenters. The molecule has 2 aromatic rings. The predicted molar refractivity (Wildman–Crippen MR) is 95.9 cm³/mol. The summed E-state index contributed by atoms with van der Waals surface area (Å²) in [5, 5.41) is 0. The average molecular weight is 372 g/mol. The van der Waals surface area contributed by atoms with Crippen molar-refractivity contribution < 1.29 is 33.3 Å². The molecule has 0 aliphatic carbocycles. The summed E-state index contributed by atoms with van der Waals surface area (Å²) < 4.78 is 20.2. The number of methoxy groups -OCH3 is 4. The lowest BCUT2D eigenvalue weighted by atomic mass is 9.90. The van der Waals surface area contributed by atoms with Gasteiger partial charge in [-0.2, -0.15) is 0 Å². The quantitative estimate of drug-likeness (QED) is 0.319. The summed E-state index contributed by atoms with van der Waals surface area (Å²) in [6.07, 6.45) is 0. The molecular formula is C20H20O7. The third-order valence-corrected chi connectivity index (χ3v) is 4.14. The van der Waals surface area contributed by atoms with Crippen LogP contribution in [0.4, 0.5) is 0 Å². The van der Waals surface area contributed by atoms with E-state index in [1.54, 1.807) is 42.5 Å². The number of hydrogen-bond acceptors (Lipinski definition) is 7. The Morgan fingerprint density at radius 3 is 1.85 bits per heavy atom. The molecule has 0 N–H and O–H groups in total. The molecule has 2 rings (SSSR count). The highest BCUT2D eigenvalue weighted by atomic mass is 16.7. The molecule has 7 nitrogen and oxygen atoms in total. The van der Waals surface area contributed by atoms with Gasteiger partial charge in [0.05, 0.1) is 14.2 Å². The molecule has 0 fully saturated rings. The Morgan fingerprint density at radius 1 is 0.741 bits per heavy atom. The lowest BCUT2D eigenvalue weighted by Crippen LogP contribution is -2.41. The molecular weight excluding hydrogens is 352 g/mol. The van der Waals surface area contributed by atoms with Crippen LogP contribution in [0.1, 0.15) is 15.9 Å². The van der Waals surface area contributed by atoms with Gasteiger partial charge in [-0.05, 0) is 11.1 Å². The van der Waals surface area contributed by atoms with Crippen molar-refractivity contribution in [1.29, 1.82) is 0 Å². The Bertz CT molecular complexity index is 853. The summed E-state index contributed by atoms with van der Waals surface area (Å²) in [6.45, 7) is 0. The van der Waals surface area contributed by atoms with Gasteiger partial charge >= 0.3 is 11.9 Å². The molecule has 27 heavy (non-hydrogen) atoms. The predicted octanol–water partition coefficient (Wildman–Crippen LogP) is 2.33. The summed E-state index contributed by atoms with van der Waals surface area (Å²) in [6, 6.07) is 13.2. The van der Waals surface area contributed by atoms with Gasteiger partial charge in [-0.1, -0.05) is 48.5 Å². The highest BCUT2D eigenvalue weighted by Crippen LogP contribution is 2.37. The Balaban J connectivity index is 2.76. The van der Waals surface area contributed by atoms with Crippen LogP contribution in [0.3, 0.4) is 0 Å². The van der Waals surface area contributed by atoms with E-state index >= 15 is 0 Å². The smallest absolute Gasteiger partial charge is 0.379 e. The summed E-state index contributed by atoms with van der Waals surface area (Å²) in [5.41, 5.74) is 1.35. The fourth-order valence-electron chi connectivity index (χ4n) is 2.84. The van der Waals surface area contributed by atoms with Gasteiger partial charge in [-0.3, -0.25) is 4.79 Å². The number of esters is 2. The fraction of sp³-hybridized carbons (Fsp3) is 0.250. The molecule has 0 radical (unpaired) electrons. The zero-order valence-electron chi connectivity index (χ0n) is 15.5. The van der Waals surface area contributed by atoms with Crippen LogP contribution in [0.25, 0.3) is 11.1 Å². The van der Waals surface area contributed by atoms with Crippen molar-refractivity contribution in [3.63, 3.8) is 0 Å². The van der Waals surface area contributed by atoms with Gasteiger partial charge in [-0.15, -0.1) is 0 Å². The third-order valence-electron chi connectivity index (χ3n) is 4.14. The largest absolute Gasteiger partial charge is 0.465 e. The first kappa shape index (κ1) is 20.3. The van der Waals surface area contributed by atoms with Crippen LogP contribution in [0.2, 0.25) is 0 Å². The zero-order chi connectivity index (χ0) is 20.0. The van der Waals surface area contributed by atoms with Gasteiger partial charge < -0.3 is 18.9 Å². The van der Waals surface area contributed by atoms with E-state index in [0.29, 0.717) is 16.7 Å². The Kier molecular flexibility index (Phi) is 6.44. The van der Waals surface area contributed by atoms with Crippen LogP contribution in [0.5, 0.6) is 0 Å². The second-order valence-corrected chi connectivity index (χ2v) is 5.43. The van der Waals surface area contributed by atoms with Crippen LogP contribution >= 0.6 is 0 Å². The van der Waals surface area contributed by atoms with Gasteiger partial charge in [0.2, 0.25) is 0 Å². The lowest BCUT2D eigenvalue weighted by molar-refractivity contribution is -0.233. The molecule has 0 spiro atoms. The number of rotatable bonds is 7. The van der Waals surface area contributed by atoms with Gasteiger partial charge in [0, 0.05) is 25.3 Å². The Hall–Kier alpha value is -3.03. The molecule has 0 aromatic heterocycles. The molecule has 0 amide bonds. The summed E-state index contributed by atoms with van der Waals surface area (Å²) in [7, 11) is 4.97. The molecule has 0 saturated carbocycles. The third kappa shape index (κ3) is 3.60. The van der Waals surface area contributed by atoms with E-state index in [4.69, 9.17) is 14.2 Å². The summed E-state index contributed by atoms with van der Waals surface area (Å²) in [5.74, 6) is -4.40. The highest BCUT2D eigenvalue weighted by molar-refractivity contribution is 6.41. The van der Waals surface area contributed by atoms with Crippen LogP contribution in [-0.2, 0) is 34.3 Å². The average Bonchev–Trinajstić information content (AvgIpc) is 2.74. The molecule has 0 aliphatic rings. The number of Topliss-reactive ketones (excluding diaryl/α,β-unsaturated/α-hetero) is 1. The first-order valence-corrected chi connectivity index (χ1v) is 7.97. The van der Waals surface area contributed by atoms with Crippen molar-refractivity contribution in [3.8, 4) is 11.1 Å². The Labute approximate surface area is 156 Å². The molecule has 0 bridgehead atoms. The number of carbonyl (C=O) groups excluding carboxylic acids is 3. The van der Waals surface area contributed by atoms with Crippen LogP contribution in [0, 0.1) is 0 Å². The number of ether oxygens (including phenoxy) is 4. The van der Waals surface area contributed by atoms with Gasteiger partial charge in [0.25, 0.3) is 11.6 Å². The maximum Gasteiger partial charge on any atom is 0.379 e. The lowest BCUT2D eigenvalue weighted by Gasteiger charge is -2.30. The van der Waals surface area contributed by atoms with Crippen LogP contribution in [0.15, 0.2) is 48.5 Å². The number of hydrogen-bond donors (Lipinski definition) is 0. The fourth-order valence-corrected chi connectivity index (χ4v) is 2.84. The summed E-state index contributed by atoms with van der Waals surface area (Å²) >= 11 is 0. The minimum Gasteiger partial charge on any atom is -0.465 e. The molecule has 0 aliphatic heterocycles. The maximum atomic E-state index is 12.4. The van der Waals surface area contributed by atoms with Crippen LogP contribution < -0.4 is 0 Å². The second kappa shape index (κ2) is 8.57.